The van der Waals surface area contributed by atoms with Crippen LogP contribution in [0.3, 0.4) is 0 Å². The SMILES string of the molecule is CCc1nc2ccc(Cl)cn2c1C(=O)NCc1ccc(N2CCC(c3ccc(OC(F)(F)F)cc3)CC2)cc1.Cc1ccc2ncnc(NCCc3ccc(OC(F)(F)F)cc3)c2c1. The summed E-state index contributed by atoms with van der Waals surface area (Å²) < 4.78 is 83.2. The number of aromatic nitrogens is 4. The van der Waals surface area contributed by atoms with E-state index in [2.05, 4.69) is 52.1 Å². The number of amides is 1. The third kappa shape index (κ3) is 12.1. The van der Waals surface area contributed by atoms with E-state index in [1.54, 1.807) is 47.0 Å². The standard InChI is InChI=1S/C29H28ClF3N4O2.C18H16F3N3O/c1-2-25-27(37-18-22(30)7-12-26(37)35-25)28(38)34-17-19-3-8-23(9-4-19)36-15-13-21(14-16-36)20-5-10-24(11-6-20)39-29(31,32)33;1-12-2-7-16-15(10-12)17(24-11-23-16)22-9-8-13-3-5-14(6-4-13)25-18(19,20)21/h3-12,18,21H,2,13-17H2,1H3,(H,34,38);2-7,10-11H,8-9H2,1H3,(H,22,23,24). The van der Waals surface area contributed by atoms with E-state index in [9.17, 15) is 31.1 Å². The van der Waals surface area contributed by atoms with E-state index in [0.29, 0.717) is 42.3 Å². The van der Waals surface area contributed by atoms with Crippen LogP contribution in [0.4, 0.5) is 37.8 Å². The molecule has 17 heteroatoms. The van der Waals surface area contributed by atoms with E-state index in [1.165, 1.54) is 30.6 Å². The minimum atomic E-state index is -4.68. The van der Waals surface area contributed by atoms with Crippen LogP contribution in [0.25, 0.3) is 16.6 Å². The molecule has 4 aromatic carbocycles. The van der Waals surface area contributed by atoms with Crippen LogP contribution in [0, 0.1) is 6.92 Å². The first-order valence-electron chi connectivity index (χ1n) is 20.5. The Morgan fingerprint density at radius 3 is 2.09 bits per heavy atom. The van der Waals surface area contributed by atoms with Crippen molar-refractivity contribution in [1.82, 2.24) is 24.7 Å². The summed E-state index contributed by atoms with van der Waals surface area (Å²) in [5.74, 6) is 0.407. The van der Waals surface area contributed by atoms with Crippen LogP contribution in [0.5, 0.6) is 11.5 Å². The lowest BCUT2D eigenvalue weighted by Crippen LogP contribution is -2.32. The number of nitrogens with one attached hydrogen (secondary N) is 2. The van der Waals surface area contributed by atoms with Crippen molar-refractivity contribution in [3.63, 3.8) is 0 Å². The lowest BCUT2D eigenvalue weighted by molar-refractivity contribution is -0.275. The number of nitrogens with zero attached hydrogens (tertiary/aromatic N) is 5. The van der Waals surface area contributed by atoms with Gasteiger partial charge in [0.25, 0.3) is 5.91 Å². The van der Waals surface area contributed by atoms with Gasteiger partial charge in [-0.2, -0.15) is 0 Å². The molecule has 64 heavy (non-hydrogen) atoms. The molecular weight excluding hydrogens is 860 g/mol. The fourth-order valence-electron chi connectivity index (χ4n) is 7.55. The van der Waals surface area contributed by atoms with E-state index < -0.39 is 12.7 Å². The third-order valence-electron chi connectivity index (χ3n) is 10.7. The van der Waals surface area contributed by atoms with E-state index >= 15 is 0 Å². The van der Waals surface area contributed by atoms with Crippen molar-refractivity contribution >= 4 is 45.6 Å². The number of imidazole rings is 1. The first-order chi connectivity index (χ1) is 30.6. The molecule has 0 aliphatic carbocycles. The molecule has 0 radical (unpaired) electrons. The number of benzene rings is 4. The molecule has 2 N–H and O–H groups in total. The Labute approximate surface area is 370 Å². The fourth-order valence-corrected chi connectivity index (χ4v) is 7.71. The maximum atomic E-state index is 13.0. The summed E-state index contributed by atoms with van der Waals surface area (Å²) in [6, 6.07) is 29.7. The number of alkyl halides is 6. The number of hydrogen-bond donors (Lipinski definition) is 2. The number of carbonyl (C=O) groups excluding carboxylic acids is 1. The van der Waals surface area contributed by atoms with Crippen molar-refractivity contribution in [2.45, 2.75) is 64.7 Å². The Kier molecular flexibility index (Phi) is 14.1. The average molecular weight is 904 g/mol. The Hall–Kier alpha value is -6.55. The van der Waals surface area contributed by atoms with Crippen LogP contribution in [0.2, 0.25) is 5.02 Å². The highest BCUT2D eigenvalue weighted by atomic mass is 35.5. The van der Waals surface area contributed by atoms with Crippen LogP contribution in [-0.4, -0.2) is 57.6 Å². The normalized spacial score (nSPS) is 13.4. The van der Waals surface area contributed by atoms with Crippen molar-refractivity contribution in [3.8, 4) is 11.5 Å². The molecule has 8 rings (SSSR count). The van der Waals surface area contributed by atoms with Crippen LogP contribution in [0.1, 0.15) is 64.1 Å². The van der Waals surface area contributed by atoms with Gasteiger partial charge in [-0.3, -0.25) is 9.20 Å². The quantitative estimate of drug-likeness (QED) is 0.117. The number of ether oxygens (including phenoxy) is 2. The van der Waals surface area contributed by atoms with Gasteiger partial charge in [0.2, 0.25) is 0 Å². The predicted octanol–water partition coefficient (Wildman–Crippen LogP) is 11.3. The zero-order valence-corrected chi connectivity index (χ0v) is 35.6. The first-order valence-corrected chi connectivity index (χ1v) is 20.9. The number of rotatable bonds is 12. The molecule has 4 heterocycles. The molecule has 0 atom stereocenters. The van der Waals surface area contributed by atoms with Crippen molar-refractivity contribution < 1.29 is 40.6 Å². The first kappa shape index (κ1) is 45.5. The number of pyridine rings is 1. The van der Waals surface area contributed by atoms with Gasteiger partial charge in [-0.05, 0) is 116 Å². The van der Waals surface area contributed by atoms with Crippen LogP contribution in [-0.2, 0) is 19.4 Å². The average Bonchev–Trinajstić information content (AvgIpc) is 3.64. The van der Waals surface area contributed by atoms with Crippen LogP contribution < -0.4 is 25.0 Å². The number of fused-ring (bicyclic) bond motifs is 2. The molecule has 334 valence electrons. The zero-order chi connectivity index (χ0) is 45.4. The summed E-state index contributed by atoms with van der Waals surface area (Å²) in [6.45, 7) is 6.63. The number of hydrogen-bond acceptors (Lipinski definition) is 8. The number of piperidine rings is 1. The van der Waals surface area contributed by atoms with Gasteiger partial charge >= 0.3 is 12.7 Å². The van der Waals surface area contributed by atoms with Crippen molar-refractivity contribution in [1.29, 1.82) is 0 Å². The second-order valence-corrected chi connectivity index (χ2v) is 15.6. The van der Waals surface area contributed by atoms with Gasteiger partial charge in [0.05, 0.1) is 16.2 Å². The zero-order valence-electron chi connectivity index (χ0n) is 34.8. The second kappa shape index (κ2) is 19.9. The summed E-state index contributed by atoms with van der Waals surface area (Å²) in [5.41, 5.74) is 7.88. The van der Waals surface area contributed by atoms with Crippen molar-refractivity contribution in [3.05, 3.63) is 154 Å². The van der Waals surface area contributed by atoms with E-state index in [0.717, 1.165) is 76.3 Å². The number of halogens is 7. The predicted molar refractivity (Wildman–Crippen MR) is 234 cm³/mol. The molecule has 1 aliphatic heterocycles. The Bertz CT molecular complexity index is 2670. The topological polar surface area (TPSA) is 106 Å². The lowest BCUT2D eigenvalue weighted by atomic mass is 9.89. The van der Waals surface area contributed by atoms with Crippen LogP contribution in [0.15, 0.2) is 116 Å². The summed E-state index contributed by atoms with van der Waals surface area (Å²) in [7, 11) is 0. The summed E-state index contributed by atoms with van der Waals surface area (Å²) in [6.07, 6.45) is -3.07. The summed E-state index contributed by atoms with van der Waals surface area (Å²) in [4.78, 5) is 28.4. The molecule has 1 saturated heterocycles. The number of aryl methyl sites for hydroxylation is 2. The fraction of sp³-hybridized carbons (Fsp3) is 0.277. The molecule has 0 spiro atoms. The van der Waals surface area contributed by atoms with Gasteiger partial charge in [0.1, 0.15) is 35.0 Å². The molecule has 1 aliphatic rings. The maximum absolute atomic E-state index is 13.0. The Morgan fingerprint density at radius 1 is 0.812 bits per heavy atom. The minimum absolute atomic E-state index is 0.200. The Balaban J connectivity index is 0.000000211. The highest BCUT2D eigenvalue weighted by Gasteiger charge is 2.32. The summed E-state index contributed by atoms with van der Waals surface area (Å²) in [5, 5.41) is 7.73. The van der Waals surface area contributed by atoms with E-state index in [-0.39, 0.29) is 23.3 Å². The molecule has 1 amide bonds. The minimum Gasteiger partial charge on any atom is -0.406 e. The van der Waals surface area contributed by atoms with Gasteiger partial charge in [-0.15, -0.1) is 26.3 Å². The monoisotopic (exact) mass is 903 g/mol. The highest BCUT2D eigenvalue weighted by molar-refractivity contribution is 6.30. The molecule has 3 aromatic heterocycles. The van der Waals surface area contributed by atoms with E-state index in [1.807, 2.05) is 44.2 Å². The third-order valence-corrected chi connectivity index (χ3v) is 10.9. The van der Waals surface area contributed by atoms with E-state index in [4.69, 9.17) is 11.6 Å². The van der Waals surface area contributed by atoms with Gasteiger partial charge in [-0.25, -0.2) is 15.0 Å². The van der Waals surface area contributed by atoms with Gasteiger partial charge < -0.3 is 25.0 Å². The number of anilines is 2. The number of carbonyl (C=O) groups is 1. The molecule has 10 nitrogen and oxygen atoms in total. The molecule has 7 aromatic rings. The van der Waals surface area contributed by atoms with Crippen molar-refractivity contribution in [2.75, 3.05) is 29.9 Å². The molecule has 1 fully saturated rings. The van der Waals surface area contributed by atoms with Crippen LogP contribution >= 0.6 is 11.6 Å². The highest BCUT2D eigenvalue weighted by Crippen LogP contribution is 2.33. The largest absolute Gasteiger partial charge is 0.573 e. The molecule has 0 unspecified atom stereocenters. The molecular formula is C47H44ClF6N7O3. The van der Waals surface area contributed by atoms with Gasteiger partial charge in [-0.1, -0.05) is 66.6 Å². The summed E-state index contributed by atoms with van der Waals surface area (Å²) >= 11 is 6.14. The Morgan fingerprint density at radius 2 is 1.45 bits per heavy atom. The van der Waals surface area contributed by atoms with Gasteiger partial charge in [0.15, 0.2) is 0 Å². The smallest absolute Gasteiger partial charge is 0.406 e. The van der Waals surface area contributed by atoms with Gasteiger partial charge in [0, 0.05) is 43.4 Å². The maximum Gasteiger partial charge on any atom is 0.573 e. The lowest BCUT2D eigenvalue weighted by Gasteiger charge is -2.34. The van der Waals surface area contributed by atoms with Crippen molar-refractivity contribution in [2.24, 2.45) is 0 Å². The molecule has 0 bridgehead atoms. The molecule has 0 saturated carbocycles. The second-order valence-electron chi connectivity index (χ2n) is 15.2.